The third-order valence-electron chi connectivity index (χ3n) is 2.34. The van der Waals surface area contributed by atoms with Crippen molar-refractivity contribution in [2.45, 2.75) is 26.2 Å². The lowest BCUT2D eigenvalue weighted by Gasteiger charge is -2.05. The number of carbonyl (C=O) groups excluding carboxylic acids is 1. The monoisotopic (exact) mass is 208 g/mol. The molecule has 0 spiro atoms. The Kier molecular flexibility index (Phi) is 4.31. The molecule has 3 nitrogen and oxygen atoms in total. The van der Waals surface area contributed by atoms with Crippen LogP contribution < -0.4 is 0 Å². The number of hydrogen-bond acceptors (Lipinski definition) is 3. The molecule has 0 aromatic heterocycles. The van der Waals surface area contributed by atoms with E-state index in [-0.39, 0.29) is 11.5 Å². The van der Waals surface area contributed by atoms with Crippen LogP contribution in [0, 0.1) is 0 Å². The van der Waals surface area contributed by atoms with Crippen molar-refractivity contribution in [1.82, 2.24) is 0 Å². The summed E-state index contributed by atoms with van der Waals surface area (Å²) in [5, 5.41) is 18.3. The van der Waals surface area contributed by atoms with Crippen LogP contribution in [0.4, 0.5) is 0 Å². The first kappa shape index (κ1) is 11.7. The van der Waals surface area contributed by atoms with Gasteiger partial charge in [-0.3, -0.25) is 4.79 Å². The molecule has 0 aliphatic heterocycles. The SMILES string of the molecule is CCCCc1cc(C(=O)CO)ccc1O. The maximum Gasteiger partial charge on any atom is 0.188 e. The second-order valence-electron chi connectivity index (χ2n) is 3.53. The van der Waals surface area contributed by atoms with Crippen LogP contribution in [0.1, 0.15) is 35.7 Å². The van der Waals surface area contributed by atoms with E-state index in [2.05, 4.69) is 6.92 Å². The van der Waals surface area contributed by atoms with Gasteiger partial charge >= 0.3 is 0 Å². The van der Waals surface area contributed by atoms with Gasteiger partial charge in [0, 0.05) is 5.56 Å². The van der Waals surface area contributed by atoms with E-state index in [4.69, 9.17) is 5.11 Å². The molecule has 82 valence electrons. The van der Waals surface area contributed by atoms with Gasteiger partial charge in [0.2, 0.25) is 0 Å². The molecule has 0 bridgehead atoms. The Morgan fingerprint density at radius 3 is 2.73 bits per heavy atom. The minimum atomic E-state index is -0.488. The molecule has 3 heteroatoms. The number of rotatable bonds is 5. The summed E-state index contributed by atoms with van der Waals surface area (Å²) in [5.74, 6) is -0.0920. The van der Waals surface area contributed by atoms with Gasteiger partial charge in [0.25, 0.3) is 0 Å². The molecule has 0 fully saturated rings. The molecule has 1 aromatic carbocycles. The Morgan fingerprint density at radius 2 is 2.13 bits per heavy atom. The fraction of sp³-hybridized carbons (Fsp3) is 0.417. The lowest BCUT2D eigenvalue weighted by atomic mass is 10.0. The number of unbranched alkanes of at least 4 members (excludes halogenated alkanes) is 1. The normalized spacial score (nSPS) is 10.3. The number of Topliss-reactive ketones (excluding diaryl/α,β-unsaturated/α-hetero) is 1. The third kappa shape index (κ3) is 3.06. The number of aromatic hydroxyl groups is 1. The first-order valence-corrected chi connectivity index (χ1v) is 5.15. The summed E-state index contributed by atoms with van der Waals surface area (Å²) < 4.78 is 0. The lowest BCUT2D eigenvalue weighted by molar-refractivity contribution is 0.0903. The van der Waals surface area contributed by atoms with Gasteiger partial charge in [0.1, 0.15) is 12.4 Å². The van der Waals surface area contributed by atoms with Crippen molar-refractivity contribution in [1.29, 1.82) is 0 Å². The number of phenolic OH excluding ortho intramolecular Hbond substituents is 1. The zero-order valence-electron chi connectivity index (χ0n) is 8.86. The average Bonchev–Trinajstić information content (AvgIpc) is 2.27. The number of phenols is 1. The maximum atomic E-state index is 11.2. The maximum absolute atomic E-state index is 11.2. The highest BCUT2D eigenvalue weighted by Crippen LogP contribution is 2.20. The van der Waals surface area contributed by atoms with Crippen LogP contribution in [0.2, 0.25) is 0 Å². The summed E-state index contributed by atoms with van der Waals surface area (Å²) in [4.78, 5) is 11.2. The van der Waals surface area contributed by atoms with Gasteiger partial charge in [-0.2, -0.15) is 0 Å². The molecule has 0 saturated carbocycles. The number of aryl methyl sites for hydroxylation is 1. The molecular weight excluding hydrogens is 192 g/mol. The van der Waals surface area contributed by atoms with E-state index in [1.54, 1.807) is 6.07 Å². The van der Waals surface area contributed by atoms with Crippen molar-refractivity contribution in [3.63, 3.8) is 0 Å². The minimum Gasteiger partial charge on any atom is -0.508 e. The predicted octanol–water partition coefficient (Wildman–Crippen LogP) is 1.91. The highest BCUT2D eigenvalue weighted by Gasteiger charge is 2.07. The van der Waals surface area contributed by atoms with Gasteiger partial charge in [0.05, 0.1) is 0 Å². The van der Waals surface area contributed by atoms with Crippen LogP contribution >= 0.6 is 0 Å². The van der Waals surface area contributed by atoms with E-state index in [1.807, 2.05) is 0 Å². The van der Waals surface area contributed by atoms with Crippen molar-refractivity contribution in [3.8, 4) is 5.75 Å². The van der Waals surface area contributed by atoms with E-state index in [0.29, 0.717) is 5.56 Å². The zero-order chi connectivity index (χ0) is 11.3. The van der Waals surface area contributed by atoms with Crippen LogP contribution in [-0.2, 0) is 6.42 Å². The molecule has 0 radical (unpaired) electrons. The summed E-state index contributed by atoms with van der Waals surface area (Å²) >= 11 is 0. The third-order valence-corrected chi connectivity index (χ3v) is 2.34. The Bertz CT molecular complexity index is 345. The fourth-order valence-corrected chi connectivity index (χ4v) is 1.42. The van der Waals surface area contributed by atoms with E-state index >= 15 is 0 Å². The molecular formula is C12H16O3. The Hall–Kier alpha value is -1.35. The van der Waals surface area contributed by atoms with Crippen LogP contribution in [0.3, 0.4) is 0 Å². The second-order valence-corrected chi connectivity index (χ2v) is 3.53. The summed E-state index contributed by atoms with van der Waals surface area (Å²) in [7, 11) is 0. The van der Waals surface area contributed by atoms with Gasteiger partial charge in [0.15, 0.2) is 5.78 Å². The van der Waals surface area contributed by atoms with Crippen molar-refractivity contribution < 1.29 is 15.0 Å². The van der Waals surface area contributed by atoms with Crippen molar-refractivity contribution in [3.05, 3.63) is 29.3 Å². The molecule has 0 amide bonds. The fourth-order valence-electron chi connectivity index (χ4n) is 1.42. The molecule has 0 aliphatic rings. The molecule has 2 N–H and O–H groups in total. The molecule has 15 heavy (non-hydrogen) atoms. The summed E-state index contributed by atoms with van der Waals surface area (Å²) in [5.41, 5.74) is 1.23. The Morgan fingerprint density at radius 1 is 1.40 bits per heavy atom. The standard InChI is InChI=1S/C12H16O3/c1-2-3-4-9-7-10(12(15)8-13)5-6-11(9)14/h5-7,13-14H,2-4,8H2,1H3. The molecule has 1 aromatic rings. The number of ketones is 1. The summed E-state index contributed by atoms with van der Waals surface area (Å²) in [6, 6.07) is 4.70. The zero-order valence-corrected chi connectivity index (χ0v) is 8.86. The van der Waals surface area contributed by atoms with Crippen molar-refractivity contribution >= 4 is 5.78 Å². The quantitative estimate of drug-likeness (QED) is 0.727. The number of hydrogen-bond donors (Lipinski definition) is 2. The van der Waals surface area contributed by atoms with E-state index < -0.39 is 6.61 Å². The number of carbonyl (C=O) groups is 1. The van der Waals surface area contributed by atoms with Gasteiger partial charge < -0.3 is 10.2 Å². The molecule has 1 rings (SSSR count). The molecule has 0 saturated heterocycles. The van der Waals surface area contributed by atoms with Crippen LogP contribution in [0.5, 0.6) is 5.75 Å². The van der Waals surface area contributed by atoms with Crippen LogP contribution in [-0.4, -0.2) is 22.6 Å². The van der Waals surface area contributed by atoms with E-state index in [0.717, 1.165) is 24.8 Å². The topological polar surface area (TPSA) is 57.5 Å². The number of benzene rings is 1. The first-order valence-electron chi connectivity index (χ1n) is 5.15. The second kappa shape index (κ2) is 5.51. The highest BCUT2D eigenvalue weighted by molar-refractivity contribution is 5.97. The first-order chi connectivity index (χ1) is 7.19. The van der Waals surface area contributed by atoms with Gasteiger partial charge in [-0.1, -0.05) is 13.3 Å². The highest BCUT2D eigenvalue weighted by atomic mass is 16.3. The molecule has 0 heterocycles. The molecule has 0 unspecified atom stereocenters. The van der Waals surface area contributed by atoms with Gasteiger partial charge in [-0.05, 0) is 36.6 Å². The molecule has 0 aliphatic carbocycles. The predicted molar refractivity (Wildman–Crippen MR) is 58.1 cm³/mol. The Labute approximate surface area is 89.4 Å². The Balaban J connectivity index is 2.89. The minimum absolute atomic E-state index is 0.220. The number of aliphatic hydroxyl groups is 1. The van der Waals surface area contributed by atoms with Crippen molar-refractivity contribution in [2.24, 2.45) is 0 Å². The van der Waals surface area contributed by atoms with Crippen LogP contribution in [0.25, 0.3) is 0 Å². The van der Waals surface area contributed by atoms with E-state index in [1.165, 1.54) is 12.1 Å². The molecule has 0 atom stereocenters. The lowest BCUT2D eigenvalue weighted by Crippen LogP contribution is -2.04. The summed E-state index contributed by atoms with van der Waals surface area (Å²) in [6.45, 7) is 1.58. The van der Waals surface area contributed by atoms with Gasteiger partial charge in [-0.15, -0.1) is 0 Å². The largest absolute Gasteiger partial charge is 0.508 e. The van der Waals surface area contributed by atoms with Gasteiger partial charge in [-0.25, -0.2) is 0 Å². The number of aliphatic hydroxyl groups excluding tert-OH is 1. The summed E-state index contributed by atoms with van der Waals surface area (Å²) in [6.07, 6.45) is 2.77. The van der Waals surface area contributed by atoms with Crippen LogP contribution in [0.15, 0.2) is 18.2 Å². The smallest absolute Gasteiger partial charge is 0.188 e. The average molecular weight is 208 g/mol. The van der Waals surface area contributed by atoms with Crippen molar-refractivity contribution in [2.75, 3.05) is 6.61 Å². The van der Waals surface area contributed by atoms with E-state index in [9.17, 15) is 9.90 Å².